The first-order chi connectivity index (χ1) is 8.07. The van der Waals surface area contributed by atoms with Crippen LogP contribution in [0.4, 0.5) is 0 Å². The Hall–Kier alpha value is -1.06. The maximum absolute atomic E-state index is 10.2. The van der Waals surface area contributed by atoms with E-state index in [4.69, 9.17) is 5.73 Å². The number of phenolic OH excluding ortho intramolecular Hbond substituents is 1. The number of fused-ring (bicyclic) bond motifs is 1. The molecule has 3 nitrogen and oxygen atoms in total. The van der Waals surface area contributed by atoms with Crippen LogP contribution in [0, 0.1) is 13.8 Å². The summed E-state index contributed by atoms with van der Waals surface area (Å²) in [6.45, 7) is 4.07. The van der Waals surface area contributed by atoms with Crippen molar-refractivity contribution in [1.29, 1.82) is 0 Å². The summed E-state index contributed by atoms with van der Waals surface area (Å²) in [7, 11) is 0. The predicted octanol–water partition coefficient (Wildman–Crippen LogP) is 1.88. The fourth-order valence-electron chi connectivity index (χ4n) is 2.94. The second kappa shape index (κ2) is 4.67. The molecule has 0 radical (unpaired) electrons. The first-order valence-corrected chi connectivity index (χ1v) is 6.29. The lowest BCUT2D eigenvalue weighted by Gasteiger charge is -2.26. The predicted molar refractivity (Wildman–Crippen MR) is 68.2 cm³/mol. The van der Waals surface area contributed by atoms with Crippen LogP contribution in [0.1, 0.15) is 46.8 Å². The van der Waals surface area contributed by atoms with E-state index in [1.807, 2.05) is 13.8 Å². The third kappa shape index (κ3) is 1.94. The zero-order valence-corrected chi connectivity index (χ0v) is 10.6. The Balaban J connectivity index is 2.65. The summed E-state index contributed by atoms with van der Waals surface area (Å²) >= 11 is 0. The summed E-state index contributed by atoms with van der Waals surface area (Å²) < 4.78 is 0. The van der Waals surface area contributed by atoms with Gasteiger partial charge in [0.15, 0.2) is 0 Å². The van der Waals surface area contributed by atoms with Crippen molar-refractivity contribution in [3.8, 4) is 5.75 Å². The van der Waals surface area contributed by atoms with Gasteiger partial charge in [-0.05, 0) is 61.8 Å². The molecule has 0 saturated heterocycles. The quantitative estimate of drug-likeness (QED) is 0.733. The molecule has 0 bridgehead atoms. The van der Waals surface area contributed by atoms with Gasteiger partial charge in [-0.15, -0.1) is 0 Å². The molecule has 0 spiro atoms. The van der Waals surface area contributed by atoms with Crippen molar-refractivity contribution >= 4 is 0 Å². The molecule has 17 heavy (non-hydrogen) atoms. The third-order valence-corrected chi connectivity index (χ3v) is 3.94. The fraction of sp³-hybridized carbons (Fsp3) is 0.571. The van der Waals surface area contributed by atoms with Crippen LogP contribution in [0.15, 0.2) is 0 Å². The molecule has 1 aliphatic rings. The normalized spacial score (nSPS) is 16.7. The smallest absolute Gasteiger partial charge is 0.124 e. The highest BCUT2D eigenvalue weighted by atomic mass is 16.3. The van der Waals surface area contributed by atoms with E-state index in [1.54, 1.807) is 0 Å². The topological polar surface area (TPSA) is 66.5 Å². The van der Waals surface area contributed by atoms with Gasteiger partial charge in [0.05, 0.1) is 6.10 Å². The lowest BCUT2D eigenvalue weighted by Crippen LogP contribution is -2.17. The van der Waals surface area contributed by atoms with E-state index in [0.29, 0.717) is 5.56 Å². The third-order valence-electron chi connectivity index (χ3n) is 3.94. The summed E-state index contributed by atoms with van der Waals surface area (Å²) in [5.74, 6) is 0.237. The van der Waals surface area contributed by atoms with E-state index < -0.39 is 6.10 Å². The summed E-state index contributed by atoms with van der Waals surface area (Å²) in [4.78, 5) is 0. The number of phenols is 1. The van der Waals surface area contributed by atoms with Gasteiger partial charge < -0.3 is 15.9 Å². The summed E-state index contributed by atoms with van der Waals surface area (Å²) in [6, 6.07) is 0. The Kier molecular flexibility index (Phi) is 3.40. The Morgan fingerprint density at radius 1 is 1.12 bits per heavy atom. The minimum Gasteiger partial charge on any atom is -0.507 e. The molecular weight excluding hydrogens is 214 g/mol. The lowest BCUT2D eigenvalue weighted by molar-refractivity contribution is 0.181. The van der Waals surface area contributed by atoms with Crippen LogP contribution in [0.2, 0.25) is 0 Å². The number of rotatable bonds is 2. The number of hydrogen-bond acceptors (Lipinski definition) is 3. The van der Waals surface area contributed by atoms with Crippen LogP contribution in [0.3, 0.4) is 0 Å². The Labute approximate surface area is 102 Å². The van der Waals surface area contributed by atoms with E-state index in [2.05, 4.69) is 0 Å². The van der Waals surface area contributed by atoms with Gasteiger partial charge in [0.2, 0.25) is 0 Å². The summed E-state index contributed by atoms with van der Waals surface area (Å²) in [6.07, 6.45) is 3.70. The minimum absolute atomic E-state index is 0.145. The zero-order chi connectivity index (χ0) is 12.6. The fourth-order valence-corrected chi connectivity index (χ4v) is 2.94. The Morgan fingerprint density at radius 3 is 2.18 bits per heavy atom. The summed E-state index contributed by atoms with van der Waals surface area (Å²) in [5.41, 5.74) is 10.7. The zero-order valence-electron chi connectivity index (χ0n) is 10.6. The second-order valence-electron chi connectivity index (χ2n) is 4.93. The van der Waals surface area contributed by atoms with Gasteiger partial charge in [-0.3, -0.25) is 0 Å². The molecule has 1 aromatic rings. The van der Waals surface area contributed by atoms with Gasteiger partial charge >= 0.3 is 0 Å². The van der Waals surface area contributed by atoms with E-state index in [1.165, 1.54) is 24.0 Å². The Morgan fingerprint density at radius 2 is 1.65 bits per heavy atom. The van der Waals surface area contributed by atoms with Crippen molar-refractivity contribution in [1.82, 2.24) is 0 Å². The minimum atomic E-state index is -0.763. The molecule has 1 aliphatic carbocycles. The molecule has 4 N–H and O–H groups in total. The van der Waals surface area contributed by atoms with Gasteiger partial charge in [-0.2, -0.15) is 0 Å². The first kappa shape index (κ1) is 12.4. The molecule has 0 amide bonds. The monoisotopic (exact) mass is 235 g/mol. The van der Waals surface area contributed by atoms with Crippen LogP contribution < -0.4 is 5.73 Å². The Bertz CT molecular complexity index is 441. The van der Waals surface area contributed by atoms with Crippen LogP contribution in [0.25, 0.3) is 0 Å². The number of hydrogen-bond donors (Lipinski definition) is 3. The number of nitrogens with two attached hydrogens (primary N) is 1. The molecule has 0 aromatic heterocycles. The number of benzene rings is 1. The number of aliphatic hydroxyl groups excluding tert-OH is 1. The van der Waals surface area contributed by atoms with Crippen molar-refractivity contribution in [2.45, 2.75) is 45.6 Å². The molecule has 0 fully saturated rings. The van der Waals surface area contributed by atoms with Crippen molar-refractivity contribution in [3.63, 3.8) is 0 Å². The van der Waals surface area contributed by atoms with Gasteiger partial charge in [0, 0.05) is 12.1 Å². The van der Waals surface area contributed by atoms with E-state index in [0.717, 1.165) is 24.0 Å². The maximum atomic E-state index is 10.2. The average Bonchev–Trinajstić information content (AvgIpc) is 2.36. The molecular formula is C14H21NO2. The highest BCUT2D eigenvalue weighted by molar-refractivity contribution is 5.56. The molecule has 1 atom stereocenters. The van der Waals surface area contributed by atoms with Crippen LogP contribution >= 0.6 is 0 Å². The van der Waals surface area contributed by atoms with E-state index in [-0.39, 0.29) is 12.3 Å². The van der Waals surface area contributed by atoms with Crippen LogP contribution in [-0.4, -0.2) is 16.8 Å². The van der Waals surface area contributed by atoms with Crippen LogP contribution in [-0.2, 0) is 12.8 Å². The average molecular weight is 235 g/mol. The molecule has 2 rings (SSSR count). The number of aliphatic hydroxyl groups is 1. The molecule has 0 saturated carbocycles. The largest absolute Gasteiger partial charge is 0.507 e. The molecule has 3 heteroatoms. The van der Waals surface area contributed by atoms with Crippen LogP contribution in [0.5, 0.6) is 5.75 Å². The van der Waals surface area contributed by atoms with Crippen molar-refractivity contribution in [3.05, 3.63) is 27.8 Å². The highest BCUT2D eigenvalue weighted by Crippen LogP contribution is 2.39. The SMILES string of the molecule is Cc1c(O)c(C(O)CN)c(C)c2c1CCCC2. The maximum Gasteiger partial charge on any atom is 0.124 e. The standard InChI is InChI=1S/C14H21NO2/c1-8-10-5-3-4-6-11(10)9(2)14(17)13(8)12(16)7-15/h12,16-17H,3-7,15H2,1-2H3. The molecule has 0 heterocycles. The van der Waals surface area contributed by atoms with Gasteiger partial charge in [-0.1, -0.05) is 0 Å². The lowest BCUT2D eigenvalue weighted by atomic mass is 9.82. The number of aromatic hydroxyl groups is 1. The van der Waals surface area contributed by atoms with E-state index in [9.17, 15) is 10.2 Å². The molecule has 1 unspecified atom stereocenters. The molecule has 0 aliphatic heterocycles. The van der Waals surface area contributed by atoms with Gasteiger partial charge in [0.25, 0.3) is 0 Å². The van der Waals surface area contributed by atoms with Crippen molar-refractivity contribution < 1.29 is 10.2 Å². The van der Waals surface area contributed by atoms with Gasteiger partial charge in [-0.25, -0.2) is 0 Å². The second-order valence-corrected chi connectivity index (χ2v) is 4.93. The molecule has 94 valence electrons. The molecule has 1 aromatic carbocycles. The van der Waals surface area contributed by atoms with E-state index >= 15 is 0 Å². The highest BCUT2D eigenvalue weighted by Gasteiger charge is 2.24. The van der Waals surface area contributed by atoms with Crippen molar-refractivity contribution in [2.24, 2.45) is 5.73 Å². The van der Waals surface area contributed by atoms with Gasteiger partial charge in [0.1, 0.15) is 5.75 Å². The van der Waals surface area contributed by atoms with Crippen molar-refractivity contribution in [2.75, 3.05) is 6.54 Å². The first-order valence-electron chi connectivity index (χ1n) is 6.29. The summed E-state index contributed by atoms with van der Waals surface area (Å²) in [5, 5.41) is 20.2.